The van der Waals surface area contributed by atoms with Crippen LogP contribution in [-0.2, 0) is 14.3 Å². The molecule has 0 aliphatic heterocycles. The molecular formula is C15H18ClNO3. The first-order valence-electron chi connectivity index (χ1n) is 6.73. The Bertz CT molecular complexity index is 482. The quantitative estimate of drug-likeness (QED) is 0.850. The highest BCUT2D eigenvalue weighted by atomic mass is 35.5. The van der Waals surface area contributed by atoms with E-state index in [-0.39, 0.29) is 30.3 Å². The second kappa shape index (κ2) is 6.75. The van der Waals surface area contributed by atoms with Crippen molar-refractivity contribution in [2.75, 3.05) is 7.11 Å². The van der Waals surface area contributed by atoms with E-state index in [4.69, 9.17) is 16.3 Å². The number of ether oxygens (including phenoxy) is 1. The van der Waals surface area contributed by atoms with Crippen LogP contribution < -0.4 is 5.32 Å². The van der Waals surface area contributed by atoms with Gasteiger partial charge in [-0.15, -0.1) is 0 Å². The molecule has 1 fully saturated rings. The van der Waals surface area contributed by atoms with Gasteiger partial charge in [0.15, 0.2) is 0 Å². The maximum Gasteiger partial charge on any atom is 0.307 e. The third-order valence-electron chi connectivity index (χ3n) is 3.66. The van der Waals surface area contributed by atoms with Gasteiger partial charge in [0.2, 0.25) is 5.91 Å². The Labute approximate surface area is 123 Å². The molecule has 1 aromatic rings. The van der Waals surface area contributed by atoms with E-state index in [1.807, 2.05) is 12.1 Å². The van der Waals surface area contributed by atoms with Gasteiger partial charge in [-0.2, -0.15) is 0 Å². The lowest BCUT2D eigenvalue weighted by atomic mass is 9.84. The minimum Gasteiger partial charge on any atom is -0.469 e. The summed E-state index contributed by atoms with van der Waals surface area (Å²) in [5.74, 6) is -0.249. The van der Waals surface area contributed by atoms with Crippen LogP contribution >= 0.6 is 11.6 Å². The van der Waals surface area contributed by atoms with Crippen LogP contribution in [0, 0.1) is 5.92 Å². The highest BCUT2D eigenvalue weighted by Crippen LogP contribution is 2.28. The van der Waals surface area contributed by atoms with Crippen molar-refractivity contribution in [3.8, 4) is 0 Å². The van der Waals surface area contributed by atoms with Crippen molar-refractivity contribution in [3.63, 3.8) is 0 Å². The SMILES string of the molecule is COC(=O)C[C@H](NC(=O)C1CCC1)c1ccc(Cl)cc1. The zero-order valence-corrected chi connectivity index (χ0v) is 12.2. The van der Waals surface area contributed by atoms with Gasteiger partial charge >= 0.3 is 5.97 Å². The molecule has 1 aromatic carbocycles. The Hall–Kier alpha value is -1.55. The molecule has 1 saturated carbocycles. The van der Waals surface area contributed by atoms with Gasteiger partial charge in [-0.1, -0.05) is 30.2 Å². The van der Waals surface area contributed by atoms with Crippen molar-refractivity contribution in [3.05, 3.63) is 34.9 Å². The van der Waals surface area contributed by atoms with E-state index < -0.39 is 0 Å². The monoisotopic (exact) mass is 295 g/mol. The number of rotatable bonds is 5. The van der Waals surface area contributed by atoms with Crippen LogP contribution in [0.2, 0.25) is 5.02 Å². The molecular weight excluding hydrogens is 278 g/mol. The van der Waals surface area contributed by atoms with E-state index in [0.29, 0.717) is 5.02 Å². The first-order valence-corrected chi connectivity index (χ1v) is 7.10. The molecule has 1 amide bonds. The summed E-state index contributed by atoms with van der Waals surface area (Å²) in [6.45, 7) is 0. The summed E-state index contributed by atoms with van der Waals surface area (Å²) in [5, 5.41) is 3.56. The van der Waals surface area contributed by atoms with Crippen LogP contribution in [-0.4, -0.2) is 19.0 Å². The highest BCUT2D eigenvalue weighted by Gasteiger charge is 2.28. The molecule has 20 heavy (non-hydrogen) atoms. The second-order valence-electron chi connectivity index (χ2n) is 5.02. The zero-order valence-electron chi connectivity index (χ0n) is 11.4. The molecule has 1 atom stereocenters. The van der Waals surface area contributed by atoms with E-state index in [2.05, 4.69) is 5.32 Å². The number of benzene rings is 1. The number of hydrogen-bond donors (Lipinski definition) is 1. The van der Waals surface area contributed by atoms with E-state index in [9.17, 15) is 9.59 Å². The van der Waals surface area contributed by atoms with Crippen molar-refractivity contribution in [1.82, 2.24) is 5.32 Å². The van der Waals surface area contributed by atoms with Crippen molar-refractivity contribution in [1.29, 1.82) is 0 Å². The summed E-state index contributed by atoms with van der Waals surface area (Å²) < 4.78 is 4.69. The number of carbonyl (C=O) groups excluding carboxylic acids is 2. The van der Waals surface area contributed by atoms with Gasteiger partial charge < -0.3 is 10.1 Å². The lowest BCUT2D eigenvalue weighted by molar-refractivity contribution is -0.141. The summed E-state index contributed by atoms with van der Waals surface area (Å²) in [7, 11) is 1.34. The molecule has 1 aliphatic carbocycles. The zero-order chi connectivity index (χ0) is 14.5. The van der Waals surface area contributed by atoms with Gasteiger partial charge in [0, 0.05) is 10.9 Å². The van der Waals surface area contributed by atoms with E-state index >= 15 is 0 Å². The van der Waals surface area contributed by atoms with E-state index in [0.717, 1.165) is 24.8 Å². The fourth-order valence-corrected chi connectivity index (χ4v) is 2.28. The molecule has 0 aromatic heterocycles. The number of hydrogen-bond acceptors (Lipinski definition) is 3. The summed E-state index contributed by atoms with van der Waals surface area (Å²) in [6.07, 6.45) is 3.08. The van der Waals surface area contributed by atoms with Crippen molar-refractivity contribution >= 4 is 23.5 Å². The Kier molecular flexibility index (Phi) is 5.01. The molecule has 0 spiro atoms. The third-order valence-corrected chi connectivity index (χ3v) is 3.92. The Morgan fingerprint density at radius 3 is 2.50 bits per heavy atom. The highest BCUT2D eigenvalue weighted by molar-refractivity contribution is 6.30. The summed E-state index contributed by atoms with van der Waals surface area (Å²) in [5.41, 5.74) is 0.854. The number of esters is 1. The van der Waals surface area contributed by atoms with Crippen LogP contribution in [0.4, 0.5) is 0 Å². The summed E-state index contributed by atoms with van der Waals surface area (Å²) >= 11 is 5.86. The van der Waals surface area contributed by atoms with Crippen LogP contribution in [0.1, 0.15) is 37.3 Å². The Balaban J connectivity index is 2.08. The number of amides is 1. The van der Waals surface area contributed by atoms with Gasteiger partial charge in [-0.05, 0) is 30.5 Å². The minimum absolute atomic E-state index is 0.0140. The molecule has 0 saturated heterocycles. The average Bonchev–Trinajstić information content (AvgIpc) is 2.36. The topological polar surface area (TPSA) is 55.4 Å². The maximum atomic E-state index is 12.1. The standard InChI is InChI=1S/C15H18ClNO3/c1-20-14(18)9-13(10-5-7-12(16)8-6-10)17-15(19)11-3-2-4-11/h5-8,11,13H,2-4,9H2,1H3,(H,17,19)/t13-/m0/s1. The number of nitrogens with one attached hydrogen (secondary N) is 1. The predicted molar refractivity (Wildman–Crippen MR) is 76.3 cm³/mol. The molecule has 0 radical (unpaired) electrons. The van der Waals surface area contributed by atoms with Crippen LogP contribution in [0.15, 0.2) is 24.3 Å². The minimum atomic E-state index is -0.368. The summed E-state index contributed by atoms with van der Waals surface area (Å²) in [4.78, 5) is 23.6. The van der Waals surface area contributed by atoms with Crippen LogP contribution in [0.25, 0.3) is 0 Å². The second-order valence-corrected chi connectivity index (χ2v) is 5.46. The number of methoxy groups -OCH3 is 1. The smallest absolute Gasteiger partial charge is 0.307 e. The lowest BCUT2D eigenvalue weighted by Crippen LogP contribution is -2.37. The van der Waals surface area contributed by atoms with Gasteiger partial charge in [-0.25, -0.2) is 0 Å². The molecule has 4 nitrogen and oxygen atoms in total. The van der Waals surface area contributed by atoms with Gasteiger partial charge in [0.05, 0.1) is 19.6 Å². The van der Waals surface area contributed by atoms with Crippen LogP contribution in [0.3, 0.4) is 0 Å². The first kappa shape index (κ1) is 14.9. The molecule has 0 heterocycles. The Morgan fingerprint density at radius 1 is 1.35 bits per heavy atom. The lowest BCUT2D eigenvalue weighted by Gasteiger charge is -2.27. The molecule has 0 unspecified atom stereocenters. The molecule has 0 bridgehead atoms. The average molecular weight is 296 g/mol. The fraction of sp³-hybridized carbons (Fsp3) is 0.467. The van der Waals surface area contributed by atoms with Gasteiger partial charge in [0.1, 0.15) is 0 Å². The van der Waals surface area contributed by atoms with Crippen molar-refractivity contribution in [2.24, 2.45) is 5.92 Å². The summed E-state index contributed by atoms with van der Waals surface area (Å²) in [6, 6.07) is 6.76. The molecule has 1 N–H and O–H groups in total. The molecule has 5 heteroatoms. The van der Waals surface area contributed by atoms with Crippen molar-refractivity contribution < 1.29 is 14.3 Å². The van der Waals surface area contributed by atoms with Gasteiger partial charge in [0.25, 0.3) is 0 Å². The largest absolute Gasteiger partial charge is 0.469 e. The van der Waals surface area contributed by atoms with E-state index in [1.54, 1.807) is 12.1 Å². The molecule has 2 rings (SSSR count). The third kappa shape index (κ3) is 3.73. The fourth-order valence-electron chi connectivity index (χ4n) is 2.16. The molecule has 108 valence electrons. The van der Waals surface area contributed by atoms with Crippen LogP contribution in [0.5, 0.6) is 0 Å². The van der Waals surface area contributed by atoms with E-state index in [1.165, 1.54) is 7.11 Å². The molecule has 1 aliphatic rings. The van der Waals surface area contributed by atoms with Crippen molar-refractivity contribution in [2.45, 2.75) is 31.7 Å². The van der Waals surface area contributed by atoms with Gasteiger partial charge in [-0.3, -0.25) is 9.59 Å². The normalized spacial score (nSPS) is 16.1. The maximum absolute atomic E-state index is 12.1. The number of halogens is 1. The number of carbonyl (C=O) groups is 2. The Morgan fingerprint density at radius 2 is 2.00 bits per heavy atom. The first-order chi connectivity index (χ1) is 9.60. The predicted octanol–water partition coefficient (Wildman–Crippen LogP) is 2.86.